The van der Waals surface area contributed by atoms with E-state index < -0.39 is 0 Å². The lowest BCUT2D eigenvalue weighted by atomic mass is 10.0. The van der Waals surface area contributed by atoms with E-state index in [1.807, 2.05) is 42.5 Å². The summed E-state index contributed by atoms with van der Waals surface area (Å²) in [7, 11) is 1.64. The largest absolute Gasteiger partial charge is 0.497 e. The van der Waals surface area contributed by atoms with Gasteiger partial charge in [-0.15, -0.1) is 0 Å². The van der Waals surface area contributed by atoms with Crippen molar-refractivity contribution in [1.29, 1.82) is 0 Å². The average Bonchev–Trinajstić information content (AvgIpc) is 3.38. The van der Waals surface area contributed by atoms with E-state index in [2.05, 4.69) is 45.4 Å². The molecule has 1 amide bonds. The first-order valence-electron chi connectivity index (χ1n) is 12.0. The van der Waals surface area contributed by atoms with Crippen LogP contribution < -0.4 is 24.4 Å². The molecule has 0 radical (unpaired) electrons. The van der Waals surface area contributed by atoms with Crippen molar-refractivity contribution in [3.8, 4) is 17.2 Å². The molecule has 3 aromatic rings. The smallest absolute Gasteiger partial charge is 0.231 e. The molecule has 0 aromatic heterocycles. The zero-order valence-electron chi connectivity index (χ0n) is 20.0. The molecular weight excluding hydrogens is 442 g/mol. The van der Waals surface area contributed by atoms with Crippen LogP contribution in [0.3, 0.4) is 0 Å². The Morgan fingerprint density at radius 1 is 0.943 bits per heavy atom. The van der Waals surface area contributed by atoms with Gasteiger partial charge in [-0.05, 0) is 47.5 Å². The quantitative estimate of drug-likeness (QED) is 0.539. The molecule has 1 N–H and O–H groups in total. The number of ether oxygens (including phenoxy) is 3. The molecule has 2 aliphatic rings. The molecule has 7 heteroatoms. The molecular formula is C28H31N3O4. The number of hydrogen-bond donors (Lipinski definition) is 1. The summed E-state index contributed by atoms with van der Waals surface area (Å²) >= 11 is 0. The monoisotopic (exact) mass is 473 g/mol. The number of methoxy groups -OCH3 is 1. The van der Waals surface area contributed by atoms with Crippen molar-refractivity contribution in [2.75, 3.05) is 51.5 Å². The molecule has 0 spiro atoms. The maximum atomic E-state index is 12.8. The van der Waals surface area contributed by atoms with Crippen molar-refractivity contribution in [3.63, 3.8) is 0 Å². The Balaban J connectivity index is 1.26. The van der Waals surface area contributed by atoms with Gasteiger partial charge < -0.3 is 24.4 Å². The molecule has 0 aliphatic carbocycles. The van der Waals surface area contributed by atoms with E-state index in [0.717, 1.165) is 54.6 Å². The van der Waals surface area contributed by atoms with Gasteiger partial charge in [-0.2, -0.15) is 0 Å². The topological polar surface area (TPSA) is 63.3 Å². The van der Waals surface area contributed by atoms with E-state index >= 15 is 0 Å². The number of carbonyl (C=O) groups is 1. The van der Waals surface area contributed by atoms with E-state index in [-0.39, 0.29) is 18.7 Å². The standard InChI is InChI=1S/C28H31N3O4/c1-33-24-10-7-21(8-11-24)17-28(32)29-19-25(22-9-12-26-27(18-22)35-20-34-26)31-15-13-30(14-16-31)23-5-3-2-4-6-23/h2-12,18,25H,13-17,19-20H2,1H3,(H,29,32). The van der Waals surface area contributed by atoms with Crippen LogP contribution >= 0.6 is 0 Å². The minimum Gasteiger partial charge on any atom is -0.497 e. The summed E-state index contributed by atoms with van der Waals surface area (Å²) < 4.78 is 16.3. The van der Waals surface area contributed by atoms with Gasteiger partial charge in [0.05, 0.1) is 19.6 Å². The third kappa shape index (κ3) is 5.52. The highest BCUT2D eigenvalue weighted by Crippen LogP contribution is 2.35. The maximum Gasteiger partial charge on any atom is 0.231 e. The molecule has 0 saturated carbocycles. The Hall–Kier alpha value is -3.71. The predicted octanol–water partition coefficient (Wildman–Crippen LogP) is 3.65. The molecule has 3 aromatic carbocycles. The van der Waals surface area contributed by atoms with Crippen LogP contribution in [0.5, 0.6) is 17.2 Å². The highest BCUT2D eigenvalue weighted by Gasteiger charge is 2.27. The van der Waals surface area contributed by atoms with Crippen molar-refractivity contribution >= 4 is 11.6 Å². The Labute approximate surface area is 206 Å². The Morgan fingerprint density at radius 2 is 1.69 bits per heavy atom. The second-order valence-corrected chi connectivity index (χ2v) is 8.82. The average molecular weight is 474 g/mol. The van der Waals surface area contributed by atoms with Gasteiger partial charge in [0.2, 0.25) is 12.7 Å². The number of amides is 1. The lowest BCUT2D eigenvalue weighted by Crippen LogP contribution is -2.50. The Kier molecular flexibility index (Phi) is 7.04. The Bertz CT molecular complexity index is 1130. The second-order valence-electron chi connectivity index (χ2n) is 8.82. The third-order valence-corrected chi connectivity index (χ3v) is 6.67. The fourth-order valence-electron chi connectivity index (χ4n) is 4.71. The maximum absolute atomic E-state index is 12.8. The minimum atomic E-state index is 0.00355. The van der Waals surface area contributed by atoms with Gasteiger partial charge in [-0.1, -0.05) is 36.4 Å². The van der Waals surface area contributed by atoms with Crippen LogP contribution in [0.4, 0.5) is 5.69 Å². The number of fused-ring (bicyclic) bond motifs is 1. The molecule has 1 atom stereocenters. The van der Waals surface area contributed by atoms with Crippen molar-refractivity contribution in [2.45, 2.75) is 12.5 Å². The predicted molar refractivity (Wildman–Crippen MR) is 135 cm³/mol. The van der Waals surface area contributed by atoms with Gasteiger partial charge in [0, 0.05) is 38.4 Å². The number of hydrogen-bond acceptors (Lipinski definition) is 6. The molecule has 1 fully saturated rings. The van der Waals surface area contributed by atoms with Gasteiger partial charge in [0.25, 0.3) is 0 Å². The van der Waals surface area contributed by atoms with Gasteiger partial charge in [-0.3, -0.25) is 9.69 Å². The lowest BCUT2D eigenvalue weighted by Gasteiger charge is -2.40. The Morgan fingerprint density at radius 3 is 2.43 bits per heavy atom. The number of nitrogens with zero attached hydrogens (tertiary/aromatic N) is 2. The summed E-state index contributed by atoms with van der Waals surface area (Å²) in [5, 5.41) is 3.17. The molecule has 35 heavy (non-hydrogen) atoms. The summed E-state index contributed by atoms with van der Waals surface area (Å²) in [5.41, 5.74) is 3.33. The number of anilines is 1. The summed E-state index contributed by atoms with van der Waals surface area (Å²) in [6.45, 7) is 4.46. The van der Waals surface area contributed by atoms with Crippen molar-refractivity contribution in [2.24, 2.45) is 0 Å². The van der Waals surface area contributed by atoms with Crippen molar-refractivity contribution < 1.29 is 19.0 Å². The molecule has 2 heterocycles. The summed E-state index contributed by atoms with van der Waals surface area (Å²) in [6.07, 6.45) is 0.333. The van der Waals surface area contributed by atoms with E-state index in [9.17, 15) is 4.79 Å². The van der Waals surface area contributed by atoms with Crippen LogP contribution in [0.1, 0.15) is 17.2 Å². The van der Waals surface area contributed by atoms with Gasteiger partial charge in [0.15, 0.2) is 11.5 Å². The van der Waals surface area contributed by atoms with E-state index in [0.29, 0.717) is 13.0 Å². The van der Waals surface area contributed by atoms with Crippen LogP contribution in [0, 0.1) is 0 Å². The van der Waals surface area contributed by atoms with Crippen LogP contribution in [-0.2, 0) is 11.2 Å². The molecule has 1 saturated heterocycles. The third-order valence-electron chi connectivity index (χ3n) is 6.67. The SMILES string of the molecule is COc1ccc(CC(=O)NCC(c2ccc3c(c2)OCO3)N2CCN(c3ccccc3)CC2)cc1. The first-order chi connectivity index (χ1) is 17.2. The van der Waals surface area contributed by atoms with Crippen LogP contribution in [0.2, 0.25) is 0 Å². The number of nitrogens with one attached hydrogen (secondary N) is 1. The van der Waals surface area contributed by atoms with E-state index in [1.54, 1.807) is 7.11 Å². The van der Waals surface area contributed by atoms with E-state index in [1.165, 1.54) is 5.69 Å². The second kappa shape index (κ2) is 10.7. The lowest BCUT2D eigenvalue weighted by molar-refractivity contribution is -0.120. The zero-order valence-corrected chi connectivity index (χ0v) is 20.0. The molecule has 0 bridgehead atoms. The number of carbonyl (C=O) groups excluding carboxylic acids is 1. The number of piperazine rings is 1. The fraction of sp³-hybridized carbons (Fsp3) is 0.321. The fourth-order valence-corrected chi connectivity index (χ4v) is 4.71. The highest BCUT2D eigenvalue weighted by molar-refractivity contribution is 5.78. The van der Waals surface area contributed by atoms with Crippen LogP contribution in [0.25, 0.3) is 0 Å². The highest BCUT2D eigenvalue weighted by atomic mass is 16.7. The molecule has 2 aliphatic heterocycles. The first-order valence-corrected chi connectivity index (χ1v) is 12.0. The van der Waals surface area contributed by atoms with E-state index in [4.69, 9.17) is 14.2 Å². The number of para-hydroxylation sites is 1. The number of rotatable bonds is 8. The number of benzene rings is 3. The van der Waals surface area contributed by atoms with Gasteiger partial charge >= 0.3 is 0 Å². The molecule has 1 unspecified atom stereocenters. The normalized spacial score (nSPS) is 16.1. The van der Waals surface area contributed by atoms with Gasteiger partial charge in [0.1, 0.15) is 5.75 Å². The first kappa shape index (κ1) is 23.1. The van der Waals surface area contributed by atoms with Crippen LogP contribution in [-0.4, -0.2) is 57.4 Å². The molecule has 7 nitrogen and oxygen atoms in total. The van der Waals surface area contributed by atoms with Crippen LogP contribution in [0.15, 0.2) is 72.8 Å². The van der Waals surface area contributed by atoms with Crippen molar-refractivity contribution in [3.05, 3.63) is 83.9 Å². The van der Waals surface area contributed by atoms with Gasteiger partial charge in [-0.25, -0.2) is 0 Å². The zero-order chi connectivity index (χ0) is 24.0. The molecule has 5 rings (SSSR count). The van der Waals surface area contributed by atoms with Crippen molar-refractivity contribution in [1.82, 2.24) is 10.2 Å². The summed E-state index contributed by atoms with van der Waals surface area (Å²) in [5.74, 6) is 2.32. The summed E-state index contributed by atoms with van der Waals surface area (Å²) in [6, 6.07) is 24.3. The minimum absolute atomic E-state index is 0.00355. The summed E-state index contributed by atoms with van der Waals surface area (Å²) in [4.78, 5) is 17.7. The molecule has 182 valence electrons.